The molecule has 2 aromatic rings. The Balaban J connectivity index is 2.00. The van der Waals surface area contributed by atoms with Crippen molar-refractivity contribution in [3.05, 3.63) is 65.2 Å². The number of amides is 1. The second-order valence-corrected chi connectivity index (χ2v) is 7.30. The normalized spacial score (nSPS) is 12.8. The lowest BCUT2D eigenvalue weighted by Crippen LogP contribution is -2.26. The van der Waals surface area contributed by atoms with Crippen LogP contribution in [0.2, 0.25) is 0 Å². The number of carbonyl (C=O) groups is 2. The van der Waals surface area contributed by atoms with Crippen molar-refractivity contribution < 1.29 is 23.6 Å². The van der Waals surface area contributed by atoms with Crippen LogP contribution in [0.3, 0.4) is 0 Å². The highest BCUT2D eigenvalue weighted by molar-refractivity contribution is 7.83. The number of carbonyl (C=O) groups excluding carboxylic acids is 1. The van der Waals surface area contributed by atoms with E-state index in [0.29, 0.717) is 17.1 Å². The zero-order chi connectivity index (χ0) is 19.1. The number of benzene rings is 2. The van der Waals surface area contributed by atoms with Gasteiger partial charge in [0.1, 0.15) is 5.75 Å². The van der Waals surface area contributed by atoms with Crippen LogP contribution in [0.4, 0.5) is 0 Å². The van der Waals surface area contributed by atoms with E-state index < -0.39 is 23.4 Å². The average Bonchev–Trinajstić information content (AvgIpc) is 2.60. The molecule has 0 saturated carbocycles. The van der Waals surface area contributed by atoms with E-state index in [1.54, 1.807) is 48.7 Å². The topological polar surface area (TPSA) is 92.7 Å². The van der Waals surface area contributed by atoms with Crippen molar-refractivity contribution in [3.63, 3.8) is 0 Å². The Kier molecular flexibility index (Phi) is 6.91. The molecular formula is C19H21NO5S. The van der Waals surface area contributed by atoms with Gasteiger partial charge in [-0.2, -0.15) is 0 Å². The van der Waals surface area contributed by atoms with Crippen molar-refractivity contribution in [1.82, 2.24) is 5.32 Å². The van der Waals surface area contributed by atoms with Gasteiger partial charge in [-0.25, -0.2) is 4.79 Å². The fraction of sp³-hybridized carbons (Fsp3) is 0.263. The summed E-state index contributed by atoms with van der Waals surface area (Å²) in [5.74, 6) is -0.389. The van der Waals surface area contributed by atoms with Crippen LogP contribution in [-0.4, -0.2) is 34.1 Å². The maximum absolute atomic E-state index is 12.4. The molecule has 0 bridgehead atoms. The minimum Gasteiger partial charge on any atom is -0.482 e. The largest absolute Gasteiger partial charge is 0.482 e. The summed E-state index contributed by atoms with van der Waals surface area (Å²) in [5, 5.41) is 11.5. The Labute approximate surface area is 154 Å². The smallest absolute Gasteiger partial charge is 0.341 e. The molecule has 2 aromatic carbocycles. The van der Waals surface area contributed by atoms with Crippen LogP contribution in [0.5, 0.6) is 5.75 Å². The van der Waals surface area contributed by atoms with Gasteiger partial charge in [-0.15, -0.1) is 0 Å². The minimum absolute atomic E-state index is 0.215. The van der Waals surface area contributed by atoms with Crippen LogP contribution in [0, 0.1) is 0 Å². The number of carboxylic acids is 1. The Morgan fingerprint density at radius 2 is 1.88 bits per heavy atom. The Morgan fingerprint density at radius 1 is 1.19 bits per heavy atom. The Morgan fingerprint density at radius 3 is 2.50 bits per heavy atom. The first kappa shape index (κ1) is 19.7. The van der Waals surface area contributed by atoms with Crippen LogP contribution < -0.4 is 10.1 Å². The standard InChI is InChI=1S/C19H21NO5S/c1-13(15-6-8-17(9-7-15)25-11-18(21)22)20-19(23)16-5-3-4-14(10-16)12-26(2)24/h3-10,13H,11-12H2,1-2H3,(H,20,23)(H,21,22). The van der Waals surface area contributed by atoms with Gasteiger partial charge in [0.25, 0.3) is 5.91 Å². The first-order valence-corrected chi connectivity index (χ1v) is 9.72. The second kappa shape index (κ2) is 9.15. The van der Waals surface area contributed by atoms with Gasteiger partial charge in [-0.1, -0.05) is 24.3 Å². The van der Waals surface area contributed by atoms with Crippen molar-refractivity contribution in [1.29, 1.82) is 0 Å². The van der Waals surface area contributed by atoms with Gasteiger partial charge < -0.3 is 15.2 Å². The lowest BCUT2D eigenvalue weighted by Gasteiger charge is -2.15. The number of rotatable bonds is 8. The quantitative estimate of drug-likeness (QED) is 0.740. The lowest BCUT2D eigenvalue weighted by molar-refractivity contribution is -0.139. The number of hydrogen-bond donors (Lipinski definition) is 2. The molecule has 2 rings (SSSR count). The summed E-state index contributed by atoms with van der Waals surface area (Å²) in [6, 6.07) is 13.7. The number of hydrogen-bond acceptors (Lipinski definition) is 4. The first-order valence-electron chi connectivity index (χ1n) is 7.99. The molecular weight excluding hydrogens is 354 g/mol. The number of carboxylic acid groups (broad SMARTS) is 1. The van der Waals surface area contributed by atoms with E-state index in [0.717, 1.165) is 11.1 Å². The molecule has 26 heavy (non-hydrogen) atoms. The number of ether oxygens (including phenoxy) is 1. The van der Waals surface area contributed by atoms with Crippen LogP contribution in [0.25, 0.3) is 0 Å². The van der Waals surface area contributed by atoms with E-state index >= 15 is 0 Å². The van der Waals surface area contributed by atoms with Gasteiger partial charge >= 0.3 is 5.97 Å². The SMILES string of the molecule is CC(NC(=O)c1cccc(CS(C)=O)c1)c1ccc(OCC(=O)O)cc1. The van der Waals surface area contributed by atoms with E-state index in [1.807, 2.05) is 13.0 Å². The number of nitrogens with one attached hydrogen (secondary N) is 1. The molecule has 0 aromatic heterocycles. The van der Waals surface area contributed by atoms with Crippen molar-refractivity contribution in [3.8, 4) is 5.75 Å². The number of aliphatic carboxylic acids is 1. The summed E-state index contributed by atoms with van der Waals surface area (Å²) >= 11 is 0. The third-order valence-corrected chi connectivity index (χ3v) is 4.39. The second-order valence-electron chi connectivity index (χ2n) is 5.86. The molecule has 0 aliphatic carbocycles. The molecule has 2 atom stereocenters. The molecule has 0 saturated heterocycles. The Bertz CT molecular complexity index is 804. The molecule has 0 aliphatic heterocycles. The molecule has 0 radical (unpaired) electrons. The third kappa shape index (κ3) is 6.00. The van der Waals surface area contributed by atoms with Gasteiger partial charge in [0, 0.05) is 28.4 Å². The molecule has 0 aliphatic rings. The molecule has 2 N–H and O–H groups in total. The predicted octanol–water partition coefficient (Wildman–Crippen LogP) is 2.52. The summed E-state index contributed by atoms with van der Waals surface area (Å²) in [6.07, 6.45) is 1.62. The van der Waals surface area contributed by atoms with Crippen LogP contribution in [0.15, 0.2) is 48.5 Å². The monoisotopic (exact) mass is 375 g/mol. The summed E-state index contributed by atoms with van der Waals surface area (Å²) in [5.41, 5.74) is 2.24. The van der Waals surface area contributed by atoms with Crippen molar-refractivity contribution in [2.75, 3.05) is 12.9 Å². The first-order chi connectivity index (χ1) is 12.3. The van der Waals surface area contributed by atoms with Crippen LogP contribution >= 0.6 is 0 Å². The summed E-state index contributed by atoms with van der Waals surface area (Å²) in [4.78, 5) is 22.9. The van der Waals surface area contributed by atoms with Crippen LogP contribution in [0.1, 0.15) is 34.5 Å². The molecule has 7 heteroatoms. The van der Waals surface area contributed by atoms with E-state index in [9.17, 15) is 13.8 Å². The molecule has 2 unspecified atom stereocenters. The highest BCUT2D eigenvalue weighted by Crippen LogP contribution is 2.18. The van der Waals surface area contributed by atoms with Crippen molar-refractivity contribution in [2.45, 2.75) is 18.7 Å². The van der Waals surface area contributed by atoms with E-state index in [4.69, 9.17) is 9.84 Å². The zero-order valence-electron chi connectivity index (χ0n) is 14.6. The molecule has 138 valence electrons. The van der Waals surface area contributed by atoms with Gasteiger partial charge in [0.05, 0.1) is 6.04 Å². The van der Waals surface area contributed by atoms with Gasteiger partial charge in [-0.05, 0) is 42.3 Å². The molecule has 0 heterocycles. The maximum atomic E-state index is 12.4. The molecule has 6 nitrogen and oxygen atoms in total. The van der Waals surface area contributed by atoms with Gasteiger partial charge in [0.15, 0.2) is 6.61 Å². The fourth-order valence-electron chi connectivity index (χ4n) is 2.40. The Hall–Kier alpha value is -2.67. The van der Waals surface area contributed by atoms with Crippen molar-refractivity contribution in [2.24, 2.45) is 0 Å². The van der Waals surface area contributed by atoms with E-state index in [2.05, 4.69) is 5.32 Å². The molecule has 0 fully saturated rings. The fourth-order valence-corrected chi connectivity index (χ4v) is 3.05. The average molecular weight is 375 g/mol. The highest BCUT2D eigenvalue weighted by atomic mass is 32.2. The third-order valence-electron chi connectivity index (χ3n) is 3.65. The van der Waals surface area contributed by atoms with E-state index in [-0.39, 0.29) is 11.9 Å². The molecule has 1 amide bonds. The van der Waals surface area contributed by atoms with Crippen LogP contribution in [-0.2, 0) is 21.3 Å². The minimum atomic E-state index is -1.04. The van der Waals surface area contributed by atoms with Gasteiger partial charge in [-0.3, -0.25) is 9.00 Å². The molecule has 0 spiro atoms. The summed E-state index contributed by atoms with van der Waals surface area (Å²) in [6.45, 7) is 1.46. The maximum Gasteiger partial charge on any atom is 0.341 e. The summed E-state index contributed by atoms with van der Waals surface area (Å²) < 4.78 is 16.4. The summed E-state index contributed by atoms with van der Waals surface area (Å²) in [7, 11) is -0.966. The highest BCUT2D eigenvalue weighted by Gasteiger charge is 2.12. The predicted molar refractivity (Wildman–Crippen MR) is 99.7 cm³/mol. The van der Waals surface area contributed by atoms with E-state index in [1.165, 1.54) is 0 Å². The lowest BCUT2D eigenvalue weighted by atomic mass is 10.1. The van der Waals surface area contributed by atoms with Gasteiger partial charge in [0.2, 0.25) is 0 Å². The zero-order valence-corrected chi connectivity index (χ0v) is 15.4. The van der Waals surface area contributed by atoms with Crippen molar-refractivity contribution >= 4 is 22.7 Å².